The molecule has 11 heteroatoms. The molecular weight excluding hydrogens is 493 g/mol. The summed E-state index contributed by atoms with van der Waals surface area (Å²) in [5, 5.41) is 9.55. The summed E-state index contributed by atoms with van der Waals surface area (Å²) < 4.78 is 35.9. The molecule has 8 nitrogen and oxygen atoms in total. The molecule has 1 spiro atoms. The van der Waals surface area contributed by atoms with Gasteiger partial charge in [-0.05, 0) is 44.2 Å². The van der Waals surface area contributed by atoms with Crippen LogP contribution in [0.3, 0.4) is 0 Å². The molecule has 0 saturated carbocycles. The van der Waals surface area contributed by atoms with Gasteiger partial charge in [-0.3, -0.25) is 20.0 Å². The van der Waals surface area contributed by atoms with Crippen LogP contribution in [-0.4, -0.2) is 96.8 Å². The molecule has 0 bridgehead atoms. The lowest BCUT2D eigenvalue weighted by Crippen LogP contribution is -2.57. The number of nitrogens with zero attached hydrogens (tertiary/aromatic N) is 3. The van der Waals surface area contributed by atoms with Gasteiger partial charge in [0.05, 0.1) is 12.8 Å². The van der Waals surface area contributed by atoms with E-state index in [4.69, 9.17) is 9.57 Å². The van der Waals surface area contributed by atoms with Gasteiger partial charge in [-0.15, -0.1) is 0 Å². The molecule has 0 radical (unpaired) electrons. The minimum atomic E-state index is -1.84. The summed E-state index contributed by atoms with van der Waals surface area (Å²) in [6.45, 7) is 6.10. The Balaban J connectivity index is 1.13. The molecule has 0 unspecified atom stereocenters. The molecule has 1 aromatic carbocycles. The number of carbonyl (C=O) groups is 1. The molecule has 5 rings (SSSR count). The van der Waals surface area contributed by atoms with Crippen molar-refractivity contribution in [3.05, 3.63) is 47.8 Å². The first-order valence-electron chi connectivity index (χ1n) is 13.5. The van der Waals surface area contributed by atoms with Crippen LogP contribution in [0.5, 0.6) is 5.75 Å². The van der Waals surface area contributed by atoms with Crippen LogP contribution < -0.4 is 10.2 Å². The van der Waals surface area contributed by atoms with E-state index in [-0.39, 0.29) is 18.7 Å². The Bertz CT molecular complexity index is 1080. The first-order chi connectivity index (χ1) is 18.2. The van der Waals surface area contributed by atoms with Gasteiger partial charge in [0.1, 0.15) is 17.2 Å². The molecule has 2 N–H and O–H groups in total. The van der Waals surface area contributed by atoms with E-state index in [1.165, 1.54) is 19.2 Å². The van der Waals surface area contributed by atoms with Gasteiger partial charge in [-0.1, -0.05) is 12.2 Å². The number of rotatable bonds is 7. The van der Waals surface area contributed by atoms with E-state index in [1.54, 1.807) is 17.8 Å². The second-order valence-corrected chi connectivity index (χ2v) is 11.0. The fraction of sp³-hybridized carbons (Fsp3) is 0.593. The van der Waals surface area contributed by atoms with Crippen molar-refractivity contribution in [2.45, 2.75) is 43.8 Å². The Morgan fingerprint density at radius 1 is 1.24 bits per heavy atom. The molecule has 0 aromatic heterocycles. The first kappa shape index (κ1) is 27.1. The Hall–Kier alpha value is -2.47. The highest BCUT2D eigenvalue weighted by Crippen LogP contribution is 2.41. The van der Waals surface area contributed by atoms with E-state index in [0.29, 0.717) is 61.9 Å². The van der Waals surface area contributed by atoms with Gasteiger partial charge in [0.15, 0.2) is 5.67 Å². The van der Waals surface area contributed by atoms with Gasteiger partial charge in [-0.25, -0.2) is 8.78 Å². The zero-order chi connectivity index (χ0) is 26.9. The van der Waals surface area contributed by atoms with Crippen LogP contribution in [0.2, 0.25) is 6.82 Å². The standard InChI is InChI=1S/C27H37BF2N4O4/c1-28(36)34-18-20(19-34)4-3-11-32-12-9-27(30,10-13-32)25(35)33-14-7-26(8-15-33)17-23(31-37-2)22-16-21(29)5-6-24(22)38-26/h3-6,16-17,20,31,36H,7-15,18-19H2,1-2H3. The Labute approximate surface area is 223 Å². The summed E-state index contributed by atoms with van der Waals surface area (Å²) in [4.78, 5) is 24.2. The summed E-state index contributed by atoms with van der Waals surface area (Å²) in [6, 6.07) is 4.35. The van der Waals surface area contributed by atoms with Gasteiger partial charge in [0, 0.05) is 69.9 Å². The maximum Gasteiger partial charge on any atom is 0.376 e. The van der Waals surface area contributed by atoms with Crippen molar-refractivity contribution in [3.8, 4) is 5.75 Å². The second kappa shape index (κ2) is 11.0. The number of benzene rings is 1. The number of carbonyl (C=O) groups excluding carboxylic acids is 1. The largest absolute Gasteiger partial charge is 0.482 e. The number of fused-ring (bicyclic) bond motifs is 1. The number of likely N-dealkylation sites (tertiary alicyclic amines) is 2. The van der Waals surface area contributed by atoms with Crippen molar-refractivity contribution in [2.24, 2.45) is 5.92 Å². The Morgan fingerprint density at radius 3 is 2.61 bits per heavy atom. The number of amides is 1. The van der Waals surface area contributed by atoms with E-state index in [2.05, 4.69) is 22.5 Å². The van der Waals surface area contributed by atoms with E-state index in [0.717, 1.165) is 19.6 Å². The van der Waals surface area contributed by atoms with E-state index >= 15 is 4.39 Å². The normalized spacial score (nSPS) is 23.5. The summed E-state index contributed by atoms with van der Waals surface area (Å²) in [6.07, 6.45) is 7.59. The number of hydrogen-bond donors (Lipinski definition) is 2. The Kier molecular flexibility index (Phi) is 7.82. The smallest absolute Gasteiger partial charge is 0.376 e. The third kappa shape index (κ3) is 5.61. The molecular formula is C27H37BF2N4O4. The zero-order valence-electron chi connectivity index (χ0n) is 22.2. The fourth-order valence-electron chi connectivity index (χ4n) is 5.89. The van der Waals surface area contributed by atoms with Crippen LogP contribution in [0.4, 0.5) is 8.78 Å². The van der Waals surface area contributed by atoms with Crippen LogP contribution in [0.25, 0.3) is 5.70 Å². The molecule has 4 heterocycles. The molecule has 3 fully saturated rings. The van der Waals surface area contributed by atoms with E-state index in [1.807, 2.05) is 10.9 Å². The Morgan fingerprint density at radius 2 is 1.95 bits per heavy atom. The van der Waals surface area contributed by atoms with Crippen molar-refractivity contribution < 1.29 is 28.2 Å². The number of ether oxygens (including phenoxy) is 1. The molecule has 1 aromatic rings. The van der Waals surface area contributed by atoms with Gasteiger partial charge in [0.2, 0.25) is 0 Å². The molecule has 4 aliphatic rings. The molecule has 206 valence electrons. The SMILES string of the molecule is CONC1=CC2(CCN(C(=O)C3(F)CCN(CC=CC4CN(B(C)O)C4)CC3)CC2)Oc2ccc(F)cc21. The topological polar surface area (TPSA) is 77.5 Å². The maximum absolute atomic E-state index is 15.8. The lowest BCUT2D eigenvalue weighted by molar-refractivity contribution is -0.150. The van der Waals surface area contributed by atoms with Gasteiger partial charge in [-0.2, -0.15) is 0 Å². The van der Waals surface area contributed by atoms with Crippen LogP contribution in [0, 0.1) is 11.7 Å². The average Bonchev–Trinajstić information content (AvgIpc) is 2.87. The van der Waals surface area contributed by atoms with Crippen molar-refractivity contribution in [1.82, 2.24) is 20.1 Å². The monoisotopic (exact) mass is 530 g/mol. The minimum absolute atomic E-state index is 0.192. The highest BCUT2D eigenvalue weighted by molar-refractivity contribution is 6.45. The molecule has 1 amide bonds. The molecule has 38 heavy (non-hydrogen) atoms. The van der Waals surface area contributed by atoms with Gasteiger partial charge >= 0.3 is 7.05 Å². The summed E-state index contributed by atoms with van der Waals surface area (Å²) in [5.41, 5.74) is 1.51. The number of nitrogens with one attached hydrogen (secondary N) is 1. The van der Waals surface area contributed by atoms with Crippen molar-refractivity contribution in [2.75, 3.05) is 52.9 Å². The zero-order valence-corrected chi connectivity index (χ0v) is 22.2. The van der Waals surface area contributed by atoms with Crippen molar-refractivity contribution in [1.29, 1.82) is 0 Å². The third-order valence-corrected chi connectivity index (χ3v) is 8.33. The highest BCUT2D eigenvalue weighted by atomic mass is 19.1. The van der Waals surface area contributed by atoms with Crippen LogP contribution in [0.1, 0.15) is 31.2 Å². The number of hydroxylamine groups is 1. The molecule has 0 atom stereocenters. The van der Waals surface area contributed by atoms with E-state index in [9.17, 15) is 14.2 Å². The van der Waals surface area contributed by atoms with Crippen LogP contribution >= 0.6 is 0 Å². The summed E-state index contributed by atoms with van der Waals surface area (Å²) in [5.74, 6) is 0.213. The molecule has 3 saturated heterocycles. The number of piperidine rings is 2. The van der Waals surface area contributed by atoms with Crippen molar-refractivity contribution in [3.63, 3.8) is 0 Å². The number of hydrogen-bond acceptors (Lipinski definition) is 7. The predicted octanol–water partition coefficient (Wildman–Crippen LogP) is 2.47. The predicted molar refractivity (Wildman–Crippen MR) is 141 cm³/mol. The first-order valence-corrected chi connectivity index (χ1v) is 13.5. The lowest BCUT2D eigenvalue weighted by Gasteiger charge is -2.45. The van der Waals surface area contributed by atoms with Gasteiger partial charge < -0.3 is 19.5 Å². The lowest BCUT2D eigenvalue weighted by atomic mass is 9.78. The number of halogens is 2. The summed E-state index contributed by atoms with van der Waals surface area (Å²) in [7, 11) is 1.09. The number of alkyl halides is 1. The van der Waals surface area contributed by atoms with Crippen molar-refractivity contribution >= 4 is 18.7 Å². The van der Waals surface area contributed by atoms with Gasteiger partial charge in [0.25, 0.3) is 5.91 Å². The minimum Gasteiger partial charge on any atom is -0.482 e. The molecule has 0 aliphatic carbocycles. The quantitative estimate of drug-likeness (QED) is 0.319. The third-order valence-electron chi connectivity index (χ3n) is 8.33. The average molecular weight is 530 g/mol. The fourth-order valence-corrected chi connectivity index (χ4v) is 5.89. The highest BCUT2D eigenvalue weighted by Gasteiger charge is 2.47. The van der Waals surface area contributed by atoms with Crippen LogP contribution in [-0.2, 0) is 9.63 Å². The van der Waals surface area contributed by atoms with E-state index < -0.39 is 24.2 Å². The molecule has 4 aliphatic heterocycles. The summed E-state index contributed by atoms with van der Waals surface area (Å²) >= 11 is 0. The maximum atomic E-state index is 15.8. The van der Waals surface area contributed by atoms with Crippen LogP contribution in [0.15, 0.2) is 36.4 Å². The second-order valence-electron chi connectivity index (χ2n) is 11.0.